The highest BCUT2D eigenvalue weighted by Gasteiger charge is 2.39. The number of ketones is 2. The Labute approximate surface area is 137 Å². The molecule has 0 aliphatic heterocycles. The summed E-state index contributed by atoms with van der Waals surface area (Å²) in [6.45, 7) is 7.66. The van der Waals surface area contributed by atoms with Gasteiger partial charge in [0.1, 0.15) is 5.78 Å². The van der Waals surface area contributed by atoms with Gasteiger partial charge in [-0.2, -0.15) is 19.1 Å². The summed E-state index contributed by atoms with van der Waals surface area (Å²) in [5.74, 6) is 2.83. The third-order valence-electron chi connectivity index (χ3n) is 2.61. The maximum absolute atomic E-state index is 12.9. The molecule has 134 valence electrons. The summed E-state index contributed by atoms with van der Waals surface area (Å²) >= 11 is 0. The molecule has 0 unspecified atom stereocenters. The Balaban J connectivity index is 0.00000118. The predicted octanol–water partition coefficient (Wildman–Crippen LogP) is 3.56. The zero-order valence-corrected chi connectivity index (χ0v) is 14.1. The molecular weight excluding hydrogens is 327 g/mol. The molecule has 5 nitrogen and oxygen atoms in total. The van der Waals surface area contributed by atoms with Gasteiger partial charge in [0.2, 0.25) is 0 Å². The molecule has 8 heteroatoms. The Morgan fingerprint density at radius 1 is 1.04 bits per heavy atom. The first-order chi connectivity index (χ1) is 10.7. The fourth-order valence-corrected chi connectivity index (χ4v) is 1.66. The molecule has 1 aromatic carbocycles. The van der Waals surface area contributed by atoms with Gasteiger partial charge in [0.15, 0.2) is 5.78 Å². The van der Waals surface area contributed by atoms with Crippen LogP contribution in [0.25, 0.3) is 0 Å². The lowest BCUT2D eigenvalue weighted by Crippen LogP contribution is -2.26. The number of hydrogen-bond acceptors (Lipinski definition) is 5. The Bertz CT molecular complexity index is 627. The normalized spacial score (nSPS) is 11.2. The number of Topliss-reactive ketones (excluding diaryl/α,β-unsaturated/α-hetero) is 2. The summed E-state index contributed by atoms with van der Waals surface area (Å²) in [7, 11) is 0. The quantitative estimate of drug-likeness (QED) is 0.653. The third kappa shape index (κ3) is 6.11. The molecule has 0 fully saturated rings. The van der Waals surface area contributed by atoms with Crippen LogP contribution >= 0.6 is 0 Å². The third-order valence-corrected chi connectivity index (χ3v) is 2.61. The Hall–Kier alpha value is -2.22. The molecule has 0 saturated carbocycles. The number of alkyl halides is 3. The highest BCUT2D eigenvalue weighted by molar-refractivity contribution is 6.09. The van der Waals surface area contributed by atoms with Gasteiger partial charge in [-0.1, -0.05) is 32.9 Å². The molecule has 2 N–H and O–H groups in total. The standard InChI is InChI=1S/C13H14F3NO3.C3H6O/c1-12(2,3)10(18)7-5-4-6-8(13(14,15)16)9(7)11(19)20-17;1-3(2)4/h4-6H,17H2,1-3H3;1-2H3. The van der Waals surface area contributed by atoms with Gasteiger partial charge in [0.25, 0.3) is 0 Å². The van der Waals surface area contributed by atoms with Gasteiger partial charge < -0.3 is 9.63 Å². The van der Waals surface area contributed by atoms with Crippen molar-refractivity contribution in [1.82, 2.24) is 0 Å². The molecule has 0 radical (unpaired) electrons. The lowest BCUT2D eigenvalue weighted by atomic mass is 9.83. The van der Waals surface area contributed by atoms with Crippen LogP contribution in [0.2, 0.25) is 0 Å². The van der Waals surface area contributed by atoms with Gasteiger partial charge in [-0.05, 0) is 19.9 Å². The highest BCUT2D eigenvalue weighted by Crippen LogP contribution is 2.35. The lowest BCUT2D eigenvalue weighted by Gasteiger charge is -2.20. The van der Waals surface area contributed by atoms with Gasteiger partial charge in [0, 0.05) is 11.0 Å². The van der Waals surface area contributed by atoms with E-state index >= 15 is 0 Å². The Morgan fingerprint density at radius 3 is 1.83 bits per heavy atom. The minimum Gasteiger partial charge on any atom is -0.370 e. The van der Waals surface area contributed by atoms with E-state index in [0.717, 1.165) is 12.1 Å². The van der Waals surface area contributed by atoms with Gasteiger partial charge >= 0.3 is 12.1 Å². The minimum atomic E-state index is -4.79. The summed E-state index contributed by atoms with van der Waals surface area (Å²) in [6.07, 6.45) is -4.79. The van der Waals surface area contributed by atoms with Gasteiger partial charge in [-0.25, -0.2) is 4.79 Å². The van der Waals surface area contributed by atoms with Crippen molar-refractivity contribution in [3.8, 4) is 0 Å². The summed E-state index contributed by atoms with van der Waals surface area (Å²) < 4.78 is 38.8. The van der Waals surface area contributed by atoms with Gasteiger partial charge in [-0.15, -0.1) is 0 Å². The molecule has 0 aromatic heterocycles. The average molecular weight is 347 g/mol. The number of benzene rings is 1. The smallest absolute Gasteiger partial charge is 0.370 e. The molecule has 0 aliphatic carbocycles. The van der Waals surface area contributed by atoms with Crippen LogP contribution in [0, 0.1) is 5.41 Å². The van der Waals surface area contributed by atoms with Crippen molar-refractivity contribution in [1.29, 1.82) is 0 Å². The van der Waals surface area contributed by atoms with Crippen LogP contribution in [0.5, 0.6) is 0 Å². The van der Waals surface area contributed by atoms with E-state index in [9.17, 15) is 27.6 Å². The van der Waals surface area contributed by atoms with Crippen LogP contribution < -0.4 is 5.90 Å². The number of rotatable bonds is 2. The number of halogens is 3. The van der Waals surface area contributed by atoms with E-state index in [4.69, 9.17) is 0 Å². The topological polar surface area (TPSA) is 86.5 Å². The highest BCUT2D eigenvalue weighted by atomic mass is 19.4. The van der Waals surface area contributed by atoms with Crippen LogP contribution in [0.4, 0.5) is 13.2 Å². The van der Waals surface area contributed by atoms with E-state index in [1.165, 1.54) is 34.6 Å². The van der Waals surface area contributed by atoms with E-state index in [2.05, 4.69) is 10.7 Å². The van der Waals surface area contributed by atoms with Gasteiger partial charge in [0.05, 0.1) is 11.1 Å². The fraction of sp³-hybridized carbons (Fsp3) is 0.438. The van der Waals surface area contributed by atoms with Crippen LogP contribution in [-0.4, -0.2) is 17.5 Å². The van der Waals surface area contributed by atoms with Crippen LogP contribution in [0.1, 0.15) is 60.9 Å². The van der Waals surface area contributed by atoms with E-state index in [-0.39, 0.29) is 11.3 Å². The molecule has 1 rings (SSSR count). The first-order valence-electron chi connectivity index (χ1n) is 6.86. The van der Waals surface area contributed by atoms with Crippen molar-refractivity contribution in [3.63, 3.8) is 0 Å². The van der Waals surface area contributed by atoms with Crippen molar-refractivity contribution in [2.75, 3.05) is 0 Å². The van der Waals surface area contributed by atoms with E-state index in [1.54, 1.807) is 0 Å². The van der Waals surface area contributed by atoms with Crippen molar-refractivity contribution in [2.45, 2.75) is 40.8 Å². The second-order valence-corrected chi connectivity index (χ2v) is 6.12. The molecule has 0 heterocycles. The first kappa shape index (κ1) is 21.8. The van der Waals surface area contributed by atoms with Crippen LogP contribution in [0.15, 0.2) is 18.2 Å². The molecule has 0 spiro atoms. The average Bonchev–Trinajstić information content (AvgIpc) is 2.42. The minimum absolute atomic E-state index is 0.167. The molecule has 0 amide bonds. The second kappa shape index (κ2) is 8.05. The number of hydrogen-bond donors (Lipinski definition) is 1. The molecule has 0 atom stereocenters. The van der Waals surface area contributed by atoms with Crippen molar-refractivity contribution in [3.05, 3.63) is 34.9 Å². The first-order valence-corrected chi connectivity index (χ1v) is 6.86. The van der Waals surface area contributed by atoms with E-state index in [1.807, 2.05) is 0 Å². The van der Waals surface area contributed by atoms with Crippen molar-refractivity contribution >= 4 is 17.5 Å². The van der Waals surface area contributed by atoms with E-state index < -0.39 is 34.5 Å². The van der Waals surface area contributed by atoms with Crippen LogP contribution in [0.3, 0.4) is 0 Å². The summed E-state index contributed by atoms with van der Waals surface area (Å²) in [5.41, 5.74) is -3.42. The maximum Gasteiger partial charge on any atom is 0.417 e. The number of carbonyl (C=O) groups is 3. The Morgan fingerprint density at radius 2 is 1.50 bits per heavy atom. The molecular formula is C16H20F3NO4. The number of nitrogens with two attached hydrogens (primary N) is 1. The zero-order valence-electron chi connectivity index (χ0n) is 14.1. The molecule has 1 aromatic rings. The second-order valence-electron chi connectivity index (χ2n) is 6.12. The lowest BCUT2D eigenvalue weighted by molar-refractivity contribution is -0.138. The van der Waals surface area contributed by atoms with Gasteiger partial charge in [-0.3, -0.25) is 4.79 Å². The maximum atomic E-state index is 12.9. The molecule has 24 heavy (non-hydrogen) atoms. The predicted molar refractivity (Wildman–Crippen MR) is 81.2 cm³/mol. The molecule has 0 aliphatic rings. The summed E-state index contributed by atoms with van der Waals surface area (Å²) in [6, 6.07) is 2.91. The summed E-state index contributed by atoms with van der Waals surface area (Å²) in [4.78, 5) is 37.0. The fourth-order valence-electron chi connectivity index (χ4n) is 1.66. The SMILES string of the molecule is CC(C)(C)C(=O)c1cccc(C(F)(F)F)c1C(=O)ON.CC(C)=O. The molecule has 0 saturated heterocycles. The Kier molecular flexibility index (Phi) is 7.31. The monoisotopic (exact) mass is 347 g/mol. The largest absolute Gasteiger partial charge is 0.417 e. The van der Waals surface area contributed by atoms with Crippen molar-refractivity contribution < 1.29 is 32.4 Å². The number of carbonyl (C=O) groups excluding carboxylic acids is 3. The van der Waals surface area contributed by atoms with E-state index in [0.29, 0.717) is 6.07 Å². The molecule has 0 bridgehead atoms. The summed E-state index contributed by atoms with van der Waals surface area (Å²) in [5, 5.41) is 0. The zero-order chi connectivity index (χ0) is 19.3. The van der Waals surface area contributed by atoms with Crippen LogP contribution in [-0.2, 0) is 15.8 Å². The van der Waals surface area contributed by atoms with Crippen molar-refractivity contribution in [2.24, 2.45) is 11.3 Å².